The van der Waals surface area contributed by atoms with Crippen molar-refractivity contribution in [1.82, 2.24) is 4.98 Å². The number of thiazole rings is 1. The molecule has 2 rings (SSSR count). The Labute approximate surface area is 120 Å². The van der Waals surface area contributed by atoms with Crippen LogP contribution in [0.5, 0.6) is 0 Å². The van der Waals surface area contributed by atoms with Crippen LogP contribution in [0.4, 0.5) is 5.69 Å². The van der Waals surface area contributed by atoms with Crippen LogP contribution in [0.1, 0.15) is 16.7 Å². The van der Waals surface area contributed by atoms with Crippen LogP contribution in [-0.2, 0) is 9.53 Å². The molecule has 0 saturated carbocycles. The van der Waals surface area contributed by atoms with E-state index in [0.717, 1.165) is 5.69 Å². The summed E-state index contributed by atoms with van der Waals surface area (Å²) >= 11 is 7.49. The van der Waals surface area contributed by atoms with Crippen LogP contribution in [0.2, 0.25) is 5.02 Å². The topological polar surface area (TPSA) is 51.2 Å². The fourth-order valence-corrected chi connectivity index (χ4v) is 2.60. The summed E-state index contributed by atoms with van der Waals surface area (Å²) in [6.07, 6.45) is 0. The van der Waals surface area contributed by atoms with E-state index in [2.05, 4.69) is 10.3 Å². The highest BCUT2D eigenvalue weighted by molar-refractivity contribution is 7.09. The molecule has 0 spiro atoms. The minimum atomic E-state index is -0.649. The molecular weight excluding hydrogens is 284 g/mol. The Hall–Kier alpha value is -1.59. The van der Waals surface area contributed by atoms with Gasteiger partial charge in [0.15, 0.2) is 6.04 Å². The van der Waals surface area contributed by atoms with E-state index >= 15 is 0 Å². The lowest BCUT2D eigenvalue weighted by Crippen LogP contribution is -2.22. The van der Waals surface area contributed by atoms with Crippen LogP contribution < -0.4 is 5.32 Å². The molecule has 1 heterocycles. The molecule has 1 unspecified atom stereocenters. The number of nitrogens with one attached hydrogen (secondary N) is 1. The smallest absolute Gasteiger partial charge is 0.335 e. The molecule has 0 saturated heterocycles. The van der Waals surface area contributed by atoms with E-state index in [1.54, 1.807) is 12.1 Å². The lowest BCUT2D eigenvalue weighted by molar-refractivity contribution is -0.141. The number of hydrogen-bond donors (Lipinski definition) is 1. The van der Waals surface area contributed by atoms with Crippen molar-refractivity contribution in [2.24, 2.45) is 0 Å². The van der Waals surface area contributed by atoms with Crippen molar-refractivity contribution in [3.8, 4) is 0 Å². The number of aromatic nitrogens is 1. The van der Waals surface area contributed by atoms with Gasteiger partial charge in [0, 0.05) is 11.1 Å². The van der Waals surface area contributed by atoms with E-state index in [1.165, 1.54) is 18.4 Å². The molecule has 0 fully saturated rings. The van der Waals surface area contributed by atoms with Gasteiger partial charge in [0.1, 0.15) is 5.01 Å². The Balaban J connectivity index is 2.29. The Morgan fingerprint density at radius 1 is 1.47 bits per heavy atom. The van der Waals surface area contributed by atoms with Crippen molar-refractivity contribution in [1.29, 1.82) is 0 Å². The second-order valence-electron chi connectivity index (χ2n) is 3.91. The van der Waals surface area contributed by atoms with Gasteiger partial charge in [0.25, 0.3) is 0 Å². The summed E-state index contributed by atoms with van der Waals surface area (Å²) in [6, 6.07) is 6.58. The third kappa shape index (κ3) is 3.24. The lowest BCUT2D eigenvalue weighted by Gasteiger charge is -2.16. The number of aryl methyl sites for hydroxylation is 1. The zero-order chi connectivity index (χ0) is 13.8. The number of rotatable bonds is 4. The number of carbonyl (C=O) groups excluding carboxylic acids is 1. The summed E-state index contributed by atoms with van der Waals surface area (Å²) < 4.78 is 4.81. The molecule has 4 nitrogen and oxygen atoms in total. The van der Waals surface area contributed by atoms with Crippen molar-refractivity contribution in [2.45, 2.75) is 13.0 Å². The quantitative estimate of drug-likeness (QED) is 0.878. The summed E-state index contributed by atoms with van der Waals surface area (Å²) in [6.45, 7) is 1.88. The SMILES string of the molecule is COC(=O)C(Nc1ccccc1Cl)c1nc(C)cs1. The number of esters is 1. The Kier molecular flexibility index (Phi) is 4.39. The largest absolute Gasteiger partial charge is 0.467 e. The summed E-state index contributed by atoms with van der Waals surface area (Å²) in [5.41, 5.74) is 1.54. The van der Waals surface area contributed by atoms with Crippen LogP contribution in [-0.4, -0.2) is 18.1 Å². The first-order valence-corrected chi connectivity index (χ1v) is 6.88. The van der Waals surface area contributed by atoms with E-state index in [1.807, 2.05) is 24.4 Å². The van der Waals surface area contributed by atoms with E-state index < -0.39 is 12.0 Å². The Morgan fingerprint density at radius 3 is 2.79 bits per heavy atom. The molecule has 1 N–H and O–H groups in total. The first-order chi connectivity index (χ1) is 9.11. The van der Waals surface area contributed by atoms with Crippen molar-refractivity contribution >= 4 is 34.6 Å². The highest BCUT2D eigenvalue weighted by atomic mass is 35.5. The summed E-state index contributed by atoms with van der Waals surface area (Å²) in [5, 5.41) is 6.16. The maximum absolute atomic E-state index is 11.9. The second-order valence-corrected chi connectivity index (χ2v) is 5.20. The summed E-state index contributed by atoms with van der Waals surface area (Å²) in [4.78, 5) is 16.2. The number of anilines is 1. The second kappa shape index (κ2) is 6.04. The van der Waals surface area contributed by atoms with Gasteiger partial charge in [-0.15, -0.1) is 11.3 Å². The molecule has 19 heavy (non-hydrogen) atoms. The third-order valence-electron chi connectivity index (χ3n) is 2.49. The predicted molar refractivity (Wildman–Crippen MR) is 76.7 cm³/mol. The van der Waals surface area contributed by atoms with Gasteiger partial charge in [0.05, 0.1) is 17.8 Å². The number of halogens is 1. The number of carbonyl (C=O) groups is 1. The minimum absolute atomic E-state index is 0.394. The van der Waals surface area contributed by atoms with E-state index in [9.17, 15) is 4.79 Å². The van der Waals surface area contributed by atoms with Crippen LogP contribution in [0, 0.1) is 6.92 Å². The van der Waals surface area contributed by atoms with Gasteiger partial charge in [-0.1, -0.05) is 23.7 Å². The minimum Gasteiger partial charge on any atom is -0.467 e. The van der Waals surface area contributed by atoms with Gasteiger partial charge in [-0.3, -0.25) is 0 Å². The van der Waals surface area contributed by atoms with Crippen molar-refractivity contribution < 1.29 is 9.53 Å². The molecule has 0 amide bonds. The molecule has 0 aliphatic rings. The number of ether oxygens (including phenoxy) is 1. The predicted octanol–water partition coefficient (Wildman–Crippen LogP) is 3.43. The molecule has 0 aliphatic carbocycles. The van der Waals surface area contributed by atoms with Crippen LogP contribution in [0.15, 0.2) is 29.6 Å². The number of hydrogen-bond acceptors (Lipinski definition) is 5. The van der Waals surface area contributed by atoms with Gasteiger partial charge >= 0.3 is 5.97 Å². The average Bonchev–Trinajstić information content (AvgIpc) is 2.83. The molecule has 100 valence electrons. The third-order valence-corrected chi connectivity index (χ3v) is 3.85. The summed E-state index contributed by atoms with van der Waals surface area (Å²) in [7, 11) is 1.35. The van der Waals surface area contributed by atoms with Gasteiger partial charge in [0.2, 0.25) is 0 Å². The zero-order valence-corrected chi connectivity index (χ0v) is 12.1. The number of nitrogens with zero attached hydrogens (tertiary/aromatic N) is 1. The molecular formula is C13H13ClN2O2S. The number of methoxy groups -OCH3 is 1. The Bertz CT molecular complexity index is 586. The van der Waals surface area contributed by atoms with Crippen molar-refractivity contribution in [3.63, 3.8) is 0 Å². The van der Waals surface area contributed by atoms with Gasteiger partial charge in [-0.25, -0.2) is 9.78 Å². The van der Waals surface area contributed by atoms with Crippen molar-refractivity contribution in [3.05, 3.63) is 45.4 Å². The number of para-hydroxylation sites is 1. The molecule has 0 aliphatic heterocycles. The normalized spacial score (nSPS) is 11.9. The van der Waals surface area contributed by atoms with E-state index in [-0.39, 0.29) is 0 Å². The number of benzene rings is 1. The Morgan fingerprint density at radius 2 is 2.21 bits per heavy atom. The highest BCUT2D eigenvalue weighted by Crippen LogP contribution is 2.28. The van der Waals surface area contributed by atoms with E-state index in [0.29, 0.717) is 15.7 Å². The van der Waals surface area contributed by atoms with Gasteiger partial charge in [-0.2, -0.15) is 0 Å². The monoisotopic (exact) mass is 296 g/mol. The summed E-state index contributed by atoms with van der Waals surface area (Å²) in [5.74, 6) is -0.394. The van der Waals surface area contributed by atoms with Gasteiger partial charge < -0.3 is 10.1 Å². The standard InChI is InChI=1S/C13H13ClN2O2S/c1-8-7-19-12(15-8)11(13(17)18-2)16-10-6-4-3-5-9(10)14/h3-7,11,16H,1-2H3. The molecule has 2 aromatic rings. The average molecular weight is 297 g/mol. The molecule has 1 aromatic heterocycles. The molecule has 0 radical (unpaired) electrons. The fraction of sp³-hybridized carbons (Fsp3) is 0.231. The van der Waals surface area contributed by atoms with Crippen LogP contribution >= 0.6 is 22.9 Å². The highest BCUT2D eigenvalue weighted by Gasteiger charge is 2.25. The van der Waals surface area contributed by atoms with E-state index in [4.69, 9.17) is 16.3 Å². The first kappa shape index (κ1) is 13.8. The molecule has 1 aromatic carbocycles. The maximum atomic E-state index is 11.9. The molecule has 0 bridgehead atoms. The fourth-order valence-electron chi connectivity index (χ4n) is 1.58. The van der Waals surface area contributed by atoms with Crippen molar-refractivity contribution in [2.75, 3.05) is 12.4 Å². The first-order valence-electron chi connectivity index (χ1n) is 5.62. The van der Waals surface area contributed by atoms with Crippen LogP contribution in [0.25, 0.3) is 0 Å². The van der Waals surface area contributed by atoms with Gasteiger partial charge in [-0.05, 0) is 19.1 Å². The maximum Gasteiger partial charge on any atom is 0.335 e. The van der Waals surface area contributed by atoms with Crippen LogP contribution in [0.3, 0.4) is 0 Å². The molecule has 1 atom stereocenters. The molecule has 6 heteroatoms. The zero-order valence-electron chi connectivity index (χ0n) is 10.5. The lowest BCUT2D eigenvalue weighted by atomic mass is 10.2.